The van der Waals surface area contributed by atoms with Crippen molar-refractivity contribution in [3.05, 3.63) is 0 Å². The first-order valence-electron chi connectivity index (χ1n) is 9.28. The summed E-state index contributed by atoms with van der Waals surface area (Å²) in [6.45, 7) is 8.33. The molecular weight excluding hydrogens is 292 g/mol. The van der Waals surface area contributed by atoms with Crippen LogP contribution in [0.15, 0.2) is 0 Å². The molecule has 3 aliphatic rings. The van der Waals surface area contributed by atoms with Crippen LogP contribution >= 0.6 is 0 Å². The number of nitrogens with one attached hydrogen (secondary N) is 1. The number of nitrogens with zero attached hydrogens (tertiary/aromatic N) is 1. The minimum absolute atomic E-state index is 0.162. The topological polar surface area (TPSA) is 50.8 Å². The third-order valence-electron chi connectivity index (χ3n) is 5.09. The second kappa shape index (κ2) is 6.98. The lowest BCUT2D eigenvalue weighted by molar-refractivity contribution is 0.00908. The van der Waals surface area contributed by atoms with E-state index in [2.05, 4.69) is 5.32 Å². The first kappa shape index (κ1) is 17.0. The summed E-state index contributed by atoms with van der Waals surface area (Å²) in [5.41, 5.74) is -0.428. The predicted molar refractivity (Wildman–Crippen MR) is 89.5 cm³/mol. The standard InChI is InChI=1S/C18H32N2O3/c1-18(2,3)23-17(21)20-10-5-4-6-14(20)12-19-15-9-11-22-16(15)13-7-8-13/h13-16,19H,4-12H2,1-3H3. The van der Waals surface area contributed by atoms with Crippen LogP contribution in [0.1, 0.15) is 59.3 Å². The van der Waals surface area contributed by atoms with Gasteiger partial charge in [-0.25, -0.2) is 4.79 Å². The average molecular weight is 324 g/mol. The molecule has 0 spiro atoms. The van der Waals surface area contributed by atoms with Gasteiger partial charge in [0.05, 0.1) is 6.10 Å². The third-order valence-corrected chi connectivity index (χ3v) is 5.09. The van der Waals surface area contributed by atoms with E-state index in [1.165, 1.54) is 19.3 Å². The van der Waals surface area contributed by atoms with E-state index in [4.69, 9.17) is 9.47 Å². The molecule has 0 bridgehead atoms. The van der Waals surface area contributed by atoms with Crippen molar-refractivity contribution in [1.82, 2.24) is 10.2 Å². The van der Waals surface area contributed by atoms with Gasteiger partial charge in [0, 0.05) is 31.8 Å². The van der Waals surface area contributed by atoms with Crippen LogP contribution in [0.5, 0.6) is 0 Å². The van der Waals surface area contributed by atoms with Crippen LogP contribution < -0.4 is 5.32 Å². The molecule has 1 N–H and O–H groups in total. The summed E-state index contributed by atoms with van der Waals surface area (Å²) < 4.78 is 11.5. The Morgan fingerprint density at radius 1 is 1.22 bits per heavy atom. The fourth-order valence-electron chi connectivity index (χ4n) is 3.78. The summed E-state index contributed by atoms with van der Waals surface area (Å²) in [5, 5.41) is 3.70. The van der Waals surface area contributed by atoms with Gasteiger partial charge in [-0.05, 0) is 65.2 Å². The molecule has 5 heteroatoms. The smallest absolute Gasteiger partial charge is 0.410 e. The Kier molecular flexibility index (Phi) is 5.16. The number of hydrogen-bond acceptors (Lipinski definition) is 4. The van der Waals surface area contributed by atoms with Crippen LogP contribution in [-0.2, 0) is 9.47 Å². The molecule has 3 atom stereocenters. The van der Waals surface area contributed by atoms with Crippen LogP contribution in [0.2, 0.25) is 0 Å². The number of carbonyl (C=O) groups is 1. The zero-order valence-corrected chi connectivity index (χ0v) is 14.8. The van der Waals surface area contributed by atoms with Gasteiger partial charge in [-0.15, -0.1) is 0 Å². The lowest BCUT2D eigenvalue weighted by Crippen LogP contribution is -2.52. The van der Waals surface area contributed by atoms with E-state index in [9.17, 15) is 4.79 Å². The molecular formula is C18H32N2O3. The molecule has 1 saturated carbocycles. The molecule has 2 aliphatic heterocycles. The van der Waals surface area contributed by atoms with Crippen molar-refractivity contribution in [3.63, 3.8) is 0 Å². The Hall–Kier alpha value is -0.810. The third kappa shape index (κ3) is 4.60. The summed E-state index contributed by atoms with van der Waals surface area (Å²) >= 11 is 0. The predicted octanol–water partition coefficient (Wildman–Crippen LogP) is 2.93. The van der Waals surface area contributed by atoms with E-state index >= 15 is 0 Å². The maximum Gasteiger partial charge on any atom is 0.410 e. The van der Waals surface area contributed by atoms with Crippen molar-refractivity contribution in [1.29, 1.82) is 0 Å². The Balaban J connectivity index is 1.53. The van der Waals surface area contributed by atoms with Crippen molar-refractivity contribution < 1.29 is 14.3 Å². The van der Waals surface area contributed by atoms with E-state index < -0.39 is 5.60 Å². The van der Waals surface area contributed by atoms with Crippen LogP contribution in [0.4, 0.5) is 4.79 Å². The highest BCUT2D eigenvalue weighted by Gasteiger charge is 2.41. The molecule has 3 fully saturated rings. The van der Waals surface area contributed by atoms with Gasteiger partial charge in [-0.2, -0.15) is 0 Å². The highest BCUT2D eigenvalue weighted by Crippen LogP contribution is 2.38. The van der Waals surface area contributed by atoms with E-state index in [0.717, 1.165) is 44.9 Å². The van der Waals surface area contributed by atoms with Crippen LogP contribution in [0.25, 0.3) is 0 Å². The zero-order chi connectivity index (χ0) is 16.4. The van der Waals surface area contributed by atoms with Gasteiger partial charge >= 0.3 is 6.09 Å². The molecule has 23 heavy (non-hydrogen) atoms. The van der Waals surface area contributed by atoms with Crippen LogP contribution in [0.3, 0.4) is 0 Å². The molecule has 2 heterocycles. The van der Waals surface area contributed by atoms with Gasteiger partial charge in [0.15, 0.2) is 0 Å². The van der Waals surface area contributed by atoms with Gasteiger partial charge in [0.2, 0.25) is 0 Å². The number of carbonyl (C=O) groups excluding carboxylic acids is 1. The molecule has 3 rings (SSSR count). The maximum atomic E-state index is 12.5. The lowest BCUT2D eigenvalue weighted by atomic mass is 10.0. The Morgan fingerprint density at radius 3 is 2.70 bits per heavy atom. The number of amides is 1. The van der Waals surface area contributed by atoms with Crippen LogP contribution in [0, 0.1) is 5.92 Å². The normalized spacial score (nSPS) is 32.1. The highest BCUT2D eigenvalue weighted by molar-refractivity contribution is 5.68. The molecule has 0 radical (unpaired) electrons. The molecule has 1 amide bonds. The van der Waals surface area contributed by atoms with E-state index in [1.807, 2.05) is 25.7 Å². The number of likely N-dealkylation sites (tertiary alicyclic amines) is 1. The highest BCUT2D eigenvalue weighted by atomic mass is 16.6. The Labute approximate surface area is 140 Å². The van der Waals surface area contributed by atoms with Crippen LogP contribution in [-0.4, -0.2) is 54.5 Å². The second-order valence-corrected chi connectivity index (χ2v) is 8.30. The monoisotopic (exact) mass is 324 g/mol. The molecule has 1 aliphatic carbocycles. The lowest BCUT2D eigenvalue weighted by Gasteiger charge is -2.37. The van der Waals surface area contributed by atoms with Crippen molar-refractivity contribution in [2.45, 2.75) is 83.1 Å². The molecule has 0 aromatic heterocycles. The summed E-state index contributed by atoms with van der Waals surface area (Å²) in [7, 11) is 0. The summed E-state index contributed by atoms with van der Waals surface area (Å²) in [6, 6.07) is 0.712. The van der Waals surface area contributed by atoms with Gasteiger partial charge < -0.3 is 19.7 Å². The summed E-state index contributed by atoms with van der Waals surface area (Å²) in [4.78, 5) is 14.4. The maximum absolute atomic E-state index is 12.5. The first-order valence-corrected chi connectivity index (χ1v) is 9.28. The Bertz CT molecular complexity index is 417. The van der Waals surface area contributed by atoms with E-state index in [-0.39, 0.29) is 12.1 Å². The Morgan fingerprint density at radius 2 is 2.00 bits per heavy atom. The minimum atomic E-state index is -0.428. The fraction of sp³-hybridized carbons (Fsp3) is 0.944. The fourth-order valence-corrected chi connectivity index (χ4v) is 3.78. The van der Waals surface area contributed by atoms with Gasteiger partial charge in [0.25, 0.3) is 0 Å². The van der Waals surface area contributed by atoms with E-state index in [1.54, 1.807) is 0 Å². The van der Waals surface area contributed by atoms with Crippen molar-refractivity contribution in [2.24, 2.45) is 5.92 Å². The molecule has 0 aromatic carbocycles. The average Bonchev–Trinajstić information content (AvgIpc) is 3.22. The minimum Gasteiger partial charge on any atom is -0.444 e. The molecule has 3 unspecified atom stereocenters. The quantitative estimate of drug-likeness (QED) is 0.864. The van der Waals surface area contributed by atoms with Crippen molar-refractivity contribution >= 4 is 6.09 Å². The molecule has 132 valence electrons. The second-order valence-electron chi connectivity index (χ2n) is 8.30. The number of ether oxygens (including phenoxy) is 2. The summed E-state index contributed by atoms with van der Waals surface area (Å²) in [6.07, 6.45) is 7.30. The SMILES string of the molecule is CC(C)(C)OC(=O)N1CCCCC1CNC1CCOC1C1CC1. The molecule has 2 saturated heterocycles. The van der Waals surface area contributed by atoms with Crippen molar-refractivity contribution in [3.8, 4) is 0 Å². The number of hydrogen-bond donors (Lipinski definition) is 1. The van der Waals surface area contributed by atoms with Gasteiger partial charge in [-0.1, -0.05) is 0 Å². The van der Waals surface area contributed by atoms with Crippen molar-refractivity contribution in [2.75, 3.05) is 19.7 Å². The molecule has 5 nitrogen and oxygen atoms in total. The zero-order valence-electron chi connectivity index (χ0n) is 14.8. The van der Waals surface area contributed by atoms with Gasteiger partial charge in [0.1, 0.15) is 5.60 Å². The molecule has 0 aromatic rings. The largest absolute Gasteiger partial charge is 0.444 e. The van der Waals surface area contributed by atoms with Gasteiger partial charge in [-0.3, -0.25) is 0 Å². The number of piperidine rings is 1. The van der Waals surface area contributed by atoms with E-state index in [0.29, 0.717) is 12.1 Å². The summed E-state index contributed by atoms with van der Waals surface area (Å²) in [5.74, 6) is 0.767. The number of rotatable bonds is 4. The first-order chi connectivity index (χ1) is 10.9.